The Hall–Kier alpha value is -3.21. The molecule has 2 N–H and O–H groups in total. The Kier molecular flexibility index (Phi) is 4.38. The second kappa shape index (κ2) is 6.75. The standard InChI is InChI=1S/C23H20F2N2O/c1-23(2,15-4-3-5-16(24)12-15)27-22(28)11-14-6-8-18-19-9-7-17(25)13-21(19)26-20(18)10-14/h3-10,12-13,26H,11H2,1-2H3,(H,27,28). The van der Waals surface area contributed by atoms with Gasteiger partial charge in [0.1, 0.15) is 11.6 Å². The normalized spacial score (nSPS) is 11.9. The Bertz CT molecular complexity index is 1190. The lowest BCUT2D eigenvalue weighted by Gasteiger charge is -2.27. The van der Waals surface area contributed by atoms with Crippen LogP contribution < -0.4 is 5.32 Å². The number of amides is 1. The van der Waals surface area contributed by atoms with E-state index in [0.717, 1.165) is 27.4 Å². The molecule has 0 saturated heterocycles. The summed E-state index contributed by atoms with van der Waals surface area (Å²) >= 11 is 0. The Morgan fingerprint density at radius 1 is 0.929 bits per heavy atom. The van der Waals surface area contributed by atoms with Crippen LogP contribution in [-0.4, -0.2) is 10.9 Å². The lowest BCUT2D eigenvalue weighted by molar-refractivity contribution is -0.122. The van der Waals surface area contributed by atoms with Crippen molar-refractivity contribution in [2.75, 3.05) is 0 Å². The third-order valence-electron chi connectivity index (χ3n) is 4.99. The molecule has 1 heterocycles. The van der Waals surface area contributed by atoms with Gasteiger partial charge in [0.05, 0.1) is 12.0 Å². The van der Waals surface area contributed by atoms with Gasteiger partial charge in [-0.15, -0.1) is 0 Å². The van der Waals surface area contributed by atoms with Crippen molar-refractivity contribution in [2.45, 2.75) is 25.8 Å². The van der Waals surface area contributed by atoms with Crippen molar-refractivity contribution in [1.29, 1.82) is 0 Å². The second-order valence-electron chi connectivity index (χ2n) is 7.56. The van der Waals surface area contributed by atoms with Crippen LogP contribution in [0.1, 0.15) is 25.0 Å². The Morgan fingerprint density at radius 3 is 2.36 bits per heavy atom. The number of H-pyrrole nitrogens is 1. The predicted octanol–water partition coefficient (Wildman–Crippen LogP) is 5.19. The minimum absolute atomic E-state index is 0.157. The fraction of sp³-hybridized carbons (Fsp3) is 0.174. The molecule has 0 spiro atoms. The molecule has 0 fully saturated rings. The highest BCUT2D eigenvalue weighted by atomic mass is 19.1. The average Bonchev–Trinajstić information content (AvgIpc) is 2.97. The molecule has 142 valence electrons. The van der Waals surface area contributed by atoms with E-state index in [2.05, 4.69) is 10.3 Å². The van der Waals surface area contributed by atoms with Gasteiger partial charge in [-0.1, -0.05) is 24.3 Å². The summed E-state index contributed by atoms with van der Waals surface area (Å²) in [5, 5.41) is 4.89. The topological polar surface area (TPSA) is 44.9 Å². The maximum atomic E-state index is 13.5. The van der Waals surface area contributed by atoms with Crippen LogP contribution in [0, 0.1) is 11.6 Å². The summed E-state index contributed by atoms with van der Waals surface area (Å²) in [6.45, 7) is 3.68. The van der Waals surface area contributed by atoms with Crippen molar-refractivity contribution in [1.82, 2.24) is 10.3 Å². The Balaban J connectivity index is 1.55. The van der Waals surface area contributed by atoms with E-state index in [1.54, 1.807) is 18.2 Å². The molecule has 0 aliphatic heterocycles. The number of rotatable bonds is 4. The van der Waals surface area contributed by atoms with E-state index in [0.29, 0.717) is 5.56 Å². The van der Waals surface area contributed by atoms with Gasteiger partial charge in [-0.3, -0.25) is 4.79 Å². The Labute approximate surface area is 161 Å². The van der Waals surface area contributed by atoms with Crippen LogP contribution in [0.4, 0.5) is 8.78 Å². The van der Waals surface area contributed by atoms with E-state index < -0.39 is 5.54 Å². The average molecular weight is 378 g/mol. The SMILES string of the molecule is CC(C)(NC(=O)Cc1ccc2c(c1)[nH]c1cc(F)ccc12)c1cccc(F)c1. The number of nitrogens with one attached hydrogen (secondary N) is 2. The largest absolute Gasteiger partial charge is 0.354 e. The van der Waals surface area contributed by atoms with Gasteiger partial charge in [-0.25, -0.2) is 8.78 Å². The first-order valence-electron chi connectivity index (χ1n) is 9.09. The highest BCUT2D eigenvalue weighted by Crippen LogP contribution is 2.27. The first kappa shape index (κ1) is 18.2. The van der Waals surface area contributed by atoms with Crippen molar-refractivity contribution in [3.63, 3.8) is 0 Å². The maximum Gasteiger partial charge on any atom is 0.225 e. The fourth-order valence-electron chi connectivity index (χ4n) is 3.57. The summed E-state index contributed by atoms with van der Waals surface area (Å²) in [6.07, 6.45) is 0.193. The van der Waals surface area contributed by atoms with E-state index in [1.807, 2.05) is 32.0 Å². The van der Waals surface area contributed by atoms with Crippen molar-refractivity contribution in [3.8, 4) is 0 Å². The van der Waals surface area contributed by atoms with Gasteiger partial charge in [0.25, 0.3) is 0 Å². The lowest BCUT2D eigenvalue weighted by atomic mass is 9.93. The first-order chi connectivity index (χ1) is 13.3. The molecular formula is C23H20F2N2O. The van der Waals surface area contributed by atoms with E-state index in [4.69, 9.17) is 0 Å². The molecule has 0 aliphatic carbocycles. The molecule has 0 radical (unpaired) electrons. The fourth-order valence-corrected chi connectivity index (χ4v) is 3.57. The van der Waals surface area contributed by atoms with E-state index in [9.17, 15) is 13.6 Å². The molecule has 0 atom stereocenters. The third kappa shape index (κ3) is 3.48. The maximum absolute atomic E-state index is 13.5. The molecule has 1 amide bonds. The van der Waals surface area contributed by atoms with Gasteiger partial charge < -0.3 is 10.3 Å². The van der Waals surface area contributed by atoms with Crippen molar-refractivity contribution in [3.05, 3.63) is 83.4 Å². The van der Waals surface area contributed by atoms with Gasteiger partial charge in [-0.05, 0) is 61.4 Å². The number of hydrogen-bond acceptors (Lipinski definition) is 1. The predicted molar refractivity (Wildman–Crippen MR) is 107 cm³/mol. The van der Waals surface area contributed by atoms with Crippen LogP contribution in [0.25, 0.3) is 21.8 Å². The van der Waals surface area contributed by atoms with E-state index >= 15 is 0 Å². The van der Waals surface area contributed by atoms with Crippen molar-refractivity contribution < 1.29 is 13.6 Å². The summed E-state index contributed by atoms with van der Waals surface area (Å²) in [6, 6.07) is 16.6. The lowest BCUT2D eigenvalue weighted by Crippen LogP contribution is -2.41. The molecule has 3 aromatic carbocycles. The van der Waals surface area contributed by atoms with Crippen LogP contribution in [0.2, 0.25) is 0 Å². The minimum Gasteiger partial charge on any atom is -0.354 e. The zero-order chi connectivity index (χ0) is 19.9. The van der Waals surface area contributed by atoms with Gasteiger partial charge in [0.15, 0.2) is 0 Å². The molecule has 5 heteroatoms. The summed E-state index contributed by atoms with van der Waals surface area (Å²) < 4.78 is 26.9. The van der Waals surface area contributed by atoms with Crippen LogP contribution in [0.5, 0.6) is 0 Å². The van der Waals surface area contributed by atoms with Crippen LogP contribution in [0.15, 0.2) is 60.7 Å². The van der Waals surface area contributed by atoms with Gasteiger partial charge in [0, 0.05) is 21.8 Å². The number of aromatic nitrogens is 1. The number of benzene rings is 3. The third-order valence-corrected chi connectivity index (χ3v) is 4.99. The summed E-state index contributed by atoms with van der Waals surface area (Å²) in [4.78, 5) is 15.8. The smallest absolute Gasteiger partial charge is 0.225 e. The molecule has 4 aromatic rings. The quantitative estimate of drug-likeness (QED) is 0.504. The highest BCUT2D eigenvalue weighted by Gasteiger charge is 2.23. The first-order valence-corrected chi connectivity index (χ1v) is 9.09. The van der Waals surface area contributed by atoms with E-state index in [-0.39, 0.29) is 24.0 Å². The molecule has 0 aliphatic rings. The van der Waals surface area contributed by atoms with Crippen LogP contribution in [0.3, 0.4) is 0 Å². The number of carbonyl (C=O) groups is 1. The molecule has 0 unspecified atom stereocenters. The van der Waals surface area contributed by atoms with Gasteiger partial charge in [0.2, 0.25) is 5.91 Å². The second-order valence-corrected chi connectivity index (χ2v) is 7.56. The molecular weight excluding hydrogens is 358 g/mol. The monoisotopic (exact) mass is 378 g/mol. The van der Waals surface area contributed by atoms with Gasteiger partial charge in [-0.2, -0.15) is 0 Å². The number of fused-ring (bicyclic) bond motifs is 3. The van der Waals surface area contributed by atoms with Crippen molar-refractivity contribution >= 4 is 27.7 Å². The summed E-state index contributed by atoms with van der Waals surface area (Å²) in [7, 11) is 0. The molecule has 0 bridgehead atoms. The zero-order valence-corrected chi connectivity index (χ0v) is 15.6. The number of hydrogen-bond donors (Lipinski definition) is 2. The molecule has 28 heavy (non-hydrogen) atoms. The minimum atomic E-state index is -0.693. The van der Waals surface area contributed by atoms with E-state index in [1.165, 1.54) is 24.3 Å². The zero-order valence-electron chi connectivity index (χ0n) is 15.6. The number of carbonyl (C=O) groups excluding carboxylic acids is 1. The molecule has 1 aromatic heterocycles. The number of aromatic amines is 1. The Morgan fingerprint density at radius 2 is 1.61 bits per heavy atom. The molecule has 4 rings (SSSR count). The summed E-state index contributed by atoms with van der Waals surface area (Å²) in [5.74, 6) is -0.783. The molecule has 0 saturated carbocycles. The van der Waals surface area contributed by atoms with Crippen LogP contribution in [-0.2, 0) is 16.8 Å². The van der Waals surface area contributed by atoms with Crippen molar-refractivity contribution in [2.24, 2.45) is 0 Å². The summed E-state index contributed by atoms with van der Waals surface area (Å²) in [5.41, 5.74) is 2.43. The van der Waals surface area contributed by atoms with Crippen LogP contribution >= 0.6 is 0 Å². The molecule has 3 nitrogen and oxygen atoms in total. The highest BCUT2D eigenvalue weighted by molar-refractivity contribution is 6.07. The number of halogens is 2. The van der Waals surface area contributed by atoms with Gasteiger partial charge >= 0.3 is 0 Å².